The molecule has 6 heterocycles. The van der Waals surface area contributed by atoms with E-state index in [-0.39, 0.29) is 33.2 Å². The van der Waals surface area contributed by atoms with Gasteiger partial charge in [-0.3, -0.25) is 9.80 Å². The largest absolute Gasteiger partial charge is 0.274 e. The summed E-state index contributed by atoms with van der Waals surface area (Å²) in [5.74, 6) is 0. The van der Waals surface area contributed by atoms with Crippen LogP contribution in [0, 0.1) is 13.8 Å². The van der Waals surface area contributed by atoms with Crippen molar-refractivity contribution in [1.82, 2.24) is 9.80 Å². The molecule has 6 fully saturated rings. The van der Waals surface area contributed by atoms with Gasteiger partial charge in [0.25, 0.3) is 0 Å². The number of piperidine rings is 2. The van der Waals surface area contributed by atoms with Crippen molar-refractivity contribution < 1.29 is 0 Å². The highest BCUT2D eigenvalue weighted by Crippen LogP contribution is 2.81. The minimum atomic E-state index is 0.0956. The first-order valence-electron chi connectivity index (χ1n) is 20.4. The summed E-state index contributed by atoms with van der Waals surface area (Å²) >= 11 is 0. The molecule has 6 aliphatic rings. The lowest BCUT2D eigenvalue weighted by Crippen LogP contribution is -2.80. The minimum absolute atomic E-state index is 0.0956. The van der Waals surface area contributed by atoms with E-state index in [1.807, 2.05) is 0 Å². The fourth-order valence-corrected chi connectivity index (χ4v) is 13.9. The molecule has 6 aliphatic heterocycles. The summed E-state index contributed by atoms with van der Waals surface area (Å²) in [4.78, 5) is 5.92. The molecular formula is C52H48N2. The molecule has 6 aromatic rings. The van der Waals surface area contributed by atoms with E-state index in [0.717, 1.165) is 0 Å². The van der Waals surface area contributed by atoms with Crippen LogP contribution in [0.25, 0.3) is 11.1 Å². The van der Waals surface area contributed by atoms with E-state index in [9.17, 15) is 0 Å². The standard InChI is InChI=1S/C52H48N2/c1-37-11-9-17-45(31-37)49-29-27-47(33-51(35-49,53(47)49)41-13-5-3-6-14-41)43-23-19-39(20-24-43)40-21-25-44(26-22-40)48-28-30-50(46-18-10-12-38(2)32-46)36-52(34-48,54(48)50)42-15-7-4-8-16-42/h3-26,31-32H,27-30,33-36H2,1-2H3. The van der Waals surface area contributed by atoms with Gasteiger partial charge in [0, 0.05) is 22.2 Å². The van der Waals surface area contributed by atoms with E-state index < -0.39 is 0 Å². The van der Waals surface area contributed by atoms with Gasteiger partial charge in [-0.05, 0) is 110 Å². The van der Waals surface area contributed by atoms with Gasteiger partial charge in [0.2, 0.25) is 0 Å². The van der Waals surface area contributed by atoms with Crippen molar-refractivity contribution in [1.29, 1.82) is 0 Å². The van der Waals surface area contributed by atoms with E-state index in [4.69, 9.17) is 0 Å². The molecule has 0 aromatic heterocycles. The normalized spacial score (nSPS) is 34.2. The highest BCUT2D eigenvalue weighted by atomic mass is 15.5. The predicted octanol–water partition coefficient (Wildman–Crippen LogP) is 11.7. The number of rotatable bonds is 7. The molecule has 0 radical (unpaired) electrons. The predicted molar refractivity (Wildman–Crippen MR) is 218 cm³/mol. The Bertz CT molecular complexity index is 2280. The van der Waals surface area contributed by atoms with Gasteiger partial charge >= 0.3 is 0 Å². The van der Waals surface area contributed by atoms with Crippen LogP contribution < -0.4 is 0 Å². The fourth-order valence-electron chi connectivity index (χ4n) is 13.9. The average molecular weight is 701 g/mol. The van der Waals surface area contributed by atoms with Crippen molar-refractivity contribution in [2.24, 2.45) is 0 Å². The molecule has 0 bridgehead atoms. The smallest absolute Gasteiger partial charge is 0.0520 e. The molecule has 0 amide bonds. The Labute approximate surface area is 320 Å². The topological polar surface area (TPSA) is 6.48 Å². The minimum Gasteiger partial charge on any atom is -0.274 e. The summed E-state index contributed by atoms with van der Waals surface area (Å²) in [6.07, 6.45) is 9.74. The molecule has 0 aliphatic carbocycles. The maximum atomic E-state index is 2.96. The van der Waals surface area contributed by atoms with Crippen LogP contribution in [0.3, 0.4) is 0 Å². The van der Waals surface area contributed by atoms with Gasteiger partial charge in [0.1, 0.15) is 0 Å². The zero-order valence-electron chi connectivity index (χ0n) is 31.6. The van der Waals surface area contributed by atoms with Gasteiger partial charge in [-0.15, -0.1) is 0 Å². The van der Waals surface area contributed by atoms with Gasteiger partial charge in [-0.25, -0.2) is 0 Å². The Morgan fingerprint density at radius 1 is 0.315 bits per heavy atom. The first-order valence-corrected chi connectivity index (χ1v) is 20.4. The summed E-state index contributed by atoms with van der Waals surface area (Å²) in [5, 5.41) is 0. The van der Waals surface area contributed by atoms with Crippen LogP contribution in [0.15, 0.2) is 158 Å². The first-order chi connectivity index (χ1) is 26.4. The van der Waals surface area contributed by atoms with E-state index in [1.165, 1.54) is 107 Å². The second-order valence-corrected chi connectivity index (χ2v) is 18.2. The second-order valence-electron chi connectivity index (χ2n) is 18.2. The Kier molecular flexibility index (Phi) is 6.14. The molecule has 6 atom stereocenters. The molecule has 54 heavy (non-hydrogen) atoms. The van der Waals surface area contributed by atoms with E-state index in [1.54, 1.807) is 0 Å². The maximum Gasteiger partial charge on any atom is 0.0520 e. The molecule has 6 unspecified atom stereocenters. The Hall–Kier alpha value is -4.76. The highest BCUT2D eigenvalue weighted by molar-refractivity contribution is 5.66. The lowest BCUT2D eigenvalue weighted by Gasteiger charge is -2.77. The summed E-state index contributed by atoms with van der Waals surface area (Å²) in [6.45, 7) is 4.49. The molecule has 2 heteroatoms. The van der Waals surface area contributed by atoms with Gasteiger partial charge in [0.15, 0.2) is 0 Å². The molecule has 6 aromatic carbocycles. The first kappa shape index (κ1) is 31.6. The van der Waals surface area contributed by atoms with Crippen LogP contribution in [0.4, 0.5) is 0 Å². The number of hydrogen-bond donors (Lipinski definition) is 0. The zero-order chi connectivity index (χ0) is 36.0. The van der Waals surface area contributed by atoms with Crippen LogP contribution >= 0.6 is 0 Å². The molecule has 266 valence electrons. The lowest BCUT2D eigenvalue weighted by molar-refractivity contribution is -0.282. The zero-order valence-corrected chi connectivity index (χ0v) is 31.6. The van der Waals surface area contributed by atoms with Crippen LogP contribution in [0.1, 0.15) is 95.9 Å². The molecule has 12 rings (SSSR count). The van der Waals surface area contributed by atoms with Gasteiger partial charge in [-0.2, -0.15) is 0 Å². The Balaban J connectivity index is 0.857. The van der Waals surface area contributed by atoms with Crippen LogP contribution in [-0.4, -0.2) is 9.80 Å². The third-order valence-corrected chi connectivity index (χ3v) is 15.7. The SMILES string of the molecule is Cc1cccc(C23CCC4(c5ccc(-c6ccc(C78CCC9(c%10cccc(C)c%10)CC(c%10ccccc%10)(C7)N89)cc6)cc5)CC(c5ccccc5)(C2)N43)c1. The number of benzene rings is 6. The van der Waals surface area contributed by atoms with E-state index in [2.05, 4.69) is 181 Å². The monoisotopic (exact) mass is 700 g/mol. The maximum absolute atomic E-state index is 2.96. The van der Waals surface area contributed by atoms with Gasteiger partial charge in [0.05, 0.1) is 11.1 Å². The molecule has 0 N–H and O–H groups in total. The van der Waals surface area contributed by atoms with Gasteiger partial charge in [-0.1, -0.05) is 169 Å². The van der Waals surface area contributed by atoms with Crippen LogP contribution in [-0.2, 0) is 33.2 Å². The Morgan fingerprint density at radius 2 is 0.630 bits per heavy atom. The van der Waals surface area contributed by atoms with Crippen LogP contribution in [0.5, 0.6) is 0 Å². The summed E-state index contributed by atoms with van der Waals surface area (Å²) in [5.41, 5.74) is 15.1. The molecule has 6 saturated heterocycles. The van der Waals surface area contributed by atoms with Gasteiger partial charge < -0.3 is 0 Å². The summed E-state index contributed by atoms with van der Waals surface area (Å²) in [7, 11) is 0. The number of nitrogens with zero attached hydrogens (tertiary/aromatic N) is 2. The molecule has 0 saturated carbocycles. The lowest BCUT2D eigenvalue weighted by atomic mass is 9.52. The third-order valence-electron chi connectivity index (χ3n) is 15.7. The van der Waals surface area contributed by atoms with Crippen molar-refractivity contribution in [3.05, 3.63) is 202 Å². The van der Waals surface area contributed by atoms with Crippen molar-refractivity contribution in [2.45, 2.75) is 98.4 Å². The van der Waals surface area contributed by atoms with Crippen LogP contribution in [0.2, 0.25) is 0 Å². The average Bonchev–Trinajstić information content (AvgIpc) is 3.36. The number of aryl methyl sites for hydroxylation is 2. The fraction of sp³-hybridized carbons (Fsp3) is 0.308. The quantitative estimate of drug-likeness (QED) is 0.164. The van der Waals surface area contributed by atoms with Crippen molar-refractivity contribution in [3.63, 3.8) is 0 Å². The van der Waals surface area contributed by atoms with Crippen molar-refractivity contribution in [2.75, 3.05) is 0 Å². The van der Waals surface area contributed by atoms with E-state index >= 15 is 0 Å². The molecule has 2 nitrogen and oxygen atoms in total. The Morgan fingerprint density at radius 3 is 0.981 bits per heavy atom. The van der Waals surface area contributed by atoms with Crippen molar-refractivity contribution in [3.8, 4) is 11.1 Å². The van der Waals surface area contributed by atoms with E-state index in [0.29, 0.717) is 0 Å². The third kappa shape index (κ3) is 3.70. The number of hydrogen-bond acceptors (Lipinski definition) is 2. The van der Waals surface area contributed by atoms with Crippen molar-refractivity contribution >= 4 is 0 Å². The molecular weight excluding hydrogens is 653 g/mol. The highest BCUT2D eigenvalue weighted by Gasteiger charge is 2.81. The molecule has 0 spiro atoms. The second kappa shape index (κ2) is 10.5. The summed E-state index contributed by atoms with van der Waals surface area (Å²) in [6, 6.07) is 60.9. The summed E-state index contributed by atoms with van der Waals surface area (Å²) < 4.78 is 0.